The summed E-state index contributed by atoms with van der Waals surface area (Å²) in [5.74, 6) is 0.325. The van der Waals surface area contributed by atoms with Crippen LogP contribution in [0, 0.1) is 19.3 Å². The highest BCUT2D eigenvalue weighted by Crippen LogP contribution is 2.24. The number of hydrogen-bond donors (Lipinski definition) is 1. The SMILES string of the molecule is Cc1c(OCC(C)(C)CS(N)(=O)=O)nn2ccnc2c1C. The summed E-state index contributed by atoms with van der Waals surface area (Å²) in [5, 5.41) is 9.44. The van der Waals surface area contributed by atoms with E-state index in [1.165, 1.54) is 0 Å². The number of aryl methyl sites for hydroxylation is 1. The number of imidazole rings is 1. The number of sulfonamides is 1. The Morgan fingerprint density at radius 1 is 1.33 bits per heavy atom. The lowest BCUT2D eigenvalue weighted by Crippen LogP contribution is -2.34. The standard InChI is InChI=1S/C13H20N4O3S/c1-9-10(2)12(16-17-6-5-15-11(9)17)20-7-13(3,4)8-21(14,18)19/h5-6H,7-8H2,1-4H3,(H2,14,18,19). The molecule has 2 aromatic heterocycles. The summed E-state index contributed by atoms with van der Waals surface area (Å²) in [5.41, 5.74) is 2.05. The van der Waals surface area contributed by atoms with E-state index in [2.05, 4.69) is 10.1 Å². The van der Waals surface area contributed by atoms with Crippen LogP contribution in [-0.4, -0.2) is 35.4 Å². The Kier molecular flexibility index (Phi) is 3.94. The molecule has 0 spiro atoms. The molecule has 0 amide bonds. The summed E-state index contributed by atoms with van der Waals surface area (Å²) in [6, 6.07) is 0. The first-order valence-corrected chi connectivity index (χ1v) is 8.24. The van der Waals surface area contributed by atoms with Crippen molar-refractivity contribution in [3.05, 3.63) is 23.5 Å². The zero-order valence-electron chi connectivity index (χ0n) is 12.6. The second-order valence-corrected chi connectivity index (χ2v) is 7.63. The predicted molar refractivity (Wildman–Crippen MR) is 79.7 cm³/mol. The van der Waals surface area contributed by atoms with Gasteiger partial charge < -0.3 is 4.74 Å². The van der Waals surface area contributed by atoms with Crippen molar-refractivity contribution in [1.82, 2.24) is 14.6 Å². The molecule has 0 fully saturated rings. The van der Waals surface area contributed by atoms with E-state index < -0.39 is 15.4 Å². The molecule has 116 valence electrons. The number of nitrogens with two attached hydrogens (primary N) is 1. The van der Waals surface area contributed by atoms with Crippen LogP contribution in [0.25, 0.3) is 5.65 Å². The van der Waals surface area contributed by atoms with E-state index in [4.69, 9.17) is 9.88 Å². The van der Waals surface area contributed by atoms with Crippen molar-refractivity contribution < 1.29 is 13.2 Å². The summed E-state index contributed by atoms with van der Waals surface area (Å²) >= 11 is 0. The molecule has 0 saturated heterocycles. The molecule has 2 heterocycles. The first-order valence-electron chi connectivity index (χ1n) is 6.53. The summed E-state index contributed by atoms with van der Waals surface area (Å²) in [6.45, 7) is 7.63. The normalized spacial score (nSPS) is 12.8. The number of ether oxygens (including phenoxy) is 1. The summed E-state index contributed by atoms with van der Waals surface area (Å²) in [6.07, 6.45) is 3.41. The van der Waals surface area contributed by atoms with E-state index >= 15 is 0 Å². The van der Waals surface area contributed by atoms with E-state index in [0.717, 1.165) is 16.8 Å². The van der Waals surface area contributed by atoms with Crippen LogP contribution in [-0.2, 0) is 10.0 Å². The molecule has 0 atom stereocenters. The fourth-order valence-electron chi connectivity index (χ4n) is 2.13. The molecule has 21 heavy (non-hydrogen) atoms. The lowest BCUT2D eigenvalue weighted by atomic mass is 9.98. The number of nitrogens with zero attached hydrogens (tertiary/aromatic N) is 3. The number of primary sulfonamides is 1. The fraction of sp³-hybridized carbons (Fsp3) is 0.538. The van der Waals surface area contributed by atoms with Crippen molar-refractivity contribution in [2.75, 3.05) is 12.4 Å². The first-order chi connectivity index (χ1) is 9.59. The summed E-state index contributed by atoms with van der Waals surface area (Å²) in [7, 11) is -3.55. The first kappa shape index (κ1) is 15.7. The van der Waals surface area contributed by atoms with Crippen LogP contribution in [0.4, 0.5) is 0 Å². The molecule has 7 nitrogen and oxygen atoms in total. The van der Waals surface area contributed by atoms with Gasteiger partial charge in [-0.05, 0) is 13.8 Å². The molecule has 0 aliphatic heterocycles. The van der Waals surface area contributed by atoms with Crippen LogP contribution in [0.3, 0.4) is 0 Å². The number of aromatic nitrogens is 3. The quantitative estimate of drug-likeness (QED) is 0.889. The van der Waals surface area contributed by atoms with Gasteiger partial charge in [0.1, 0.15) is 0 Å². The van der Waals surface area contributed by atoms with E-state index in [-0.39, 0.29) is 12.4 Å². The van der Waals surface area contributed by atoms with Crippen LogP contribution < -0.4 is 9.88 Å². The molecule has 0 radical (unpaired) electrons. The van der Waals surface area contributed by atoms with E-state index in [9.17, 15) is 8.42 Å². The topological polar surface area (TPSA) is 99.6 Å². The number of hydrogen-bond acceptors (Lipinski definition) is 5. The van der Waals surface area contributed by atoms with Crippen molar-refractivity contribution in [1.29, 1.82) is 0 Å². The van der Waals surface area contributed by atoms with Crippen molar-refractivity contribution in [3.8, 4) is 5.88 Å². The minimum Gasteiger partial charge on any atom is -0.476 e. The molecule has 2 rings (SSSR count). The van der Waals surface area contributed by atoms with Gasteiger partial charge in [0.25, 0.3) is 0 Å². The number of rotatable bonds is 5. The van der Waals surface area contributed by atoms with Gasteiger partial charge in [-0.1, -0.05) is 13.8 Å². The Morgan fingerprint density at radius 2 is 2.00 bits per heavy atom. The van der Waals surface area contributed by atoms with Gasteiger partial charge in [-0.2, -0.15) is 0 Å². The second kappa shape index (κ2) is 5.27. The van der Waals surface area contributed by atoms with Gasteiger partial charge >= 0.3 is 0 Å². The lowest BCUT2D eigenvalue weighted by molar-refractivity contribution is 0.190. The Bertz CT molecular complexity index is 765. The zero-order chi connectivity index (χ0) is 15.8. The van der Waals surface area contributed by atoms with E-state index in [0.29, 0.717) is 5.88 Å². The van der Waals surface area contributed by atoms with Crippen molar-refractivity contribution >= 4 is 15.7 Å². The molecule has 2 N–H and O–H groups in total. The average molecular weight is 312 g/mol. The smallest absolute Gasteiger partial charge is 0.235 e. The number of fused-ring (bicyclic) bond motifs is 1. The molecular weight excluding hydrogens is 292 g/mol. The molecule has 0 unspecified atom stereocenters. The van der Waals surface area contributed by atoms with Gasteiger partial charge in [0.15, 0.2) is 5.65 Å². The lowest BCUT2D eigenvalue weighted by Gasteiger charge is -2.23. The molecule has 8 heteroatoms. The van der Waals surface area contributed by atoms with E-state index in [1.54, 1.807) is 30.8 Å². The van der Waals surface area contributed by atoms with Gasteiger partial charge in [0.05, 0.1) is 12.4 Å². The third-order valence-electron chi connectivity index (χ3n) is 3.23. The van der Waals surface area contributed by atoms with Gasteiger partial charge in [0.2, 0.25) is 15.9 Å². The van der Waals surface area contributed by atoms with Crippen molar-refractivity contribution in [3.63, 3.8) is 0 Å². The van der Waals surface area contributed by atoms with Gasteiger partial charge in [-0.25, -0.2) is 23.1 Å². The molecular formula is C13H20N4O3S. The molecule has 0 saturated carbocycles. The Morgan fingerprint density at radius 3 is 2.62 bits per heavy atom. The fourth-order valence-corrected chi connectivity index (χ4v) is 3.31. The maximum atomic E-state index is 11.2. The summed E-state index contributed by atoms with van der Waals surface area (Å²) < 4.78 is 29.8. The van der Waals surface area contributed by atoms with Crippen LogP contribution in [0.1, 0.15) is 25.0 Å². The largest absolute Gasteiger partial charge is 0.476 e. The minimum atomic E-state index is -3.55. The van der Waals surface area contributed by atoms with Crippen molar-refractivity contribution in [2.45, 2.75) is 27.7 Å². The molecule has 0 aliphatic rings. The predicted octanol–water partition coefficient (Wildman–Crippen LogP) is 1.04. The van der Waals surface area contributed by atoms with Crippen LogP contribution in [0.5, 0.6) is 5.88 Å². The van der Waals surface area contributed by atoms with Crippen LogP contribution >= 0.6 is 0 Å². The van der Waals surface area contributed by atoms with Gasteiger partial charge in [0, 0.05) is 28.9 Å². The minimum absolute atomic E-state index is 0.147. The van der Waals surface area contributed by atoms with E-state index in [1.807, 2.05) is 13.8 Å². The Labute approximate surface area is 124 Å². The highest BCUT2D eigenvalue weighted by Gasteiger charge is 2.26. The third-order valence-corrected chi connectivity index (χ3v) is 4.41. The van der Waals surface area contributed by atoms with Crippen LogP contribution in [0.2, 0.25) is 0 Å². The van der Waals surface area contributed by atoms with Gasteiger partial charge in [-0.15, -0.1) is 5.10 Å². The van der Waals surface area contributed by atoms with Crippen molar-refractivity contribution in [2.24, 2.45) is 10.6 Å². The molecule has 0 aliphatic carbocycles. The summed E-state index contributed by atoms with van der Waals surface area (Å²) in [4.78, 5) is 4.23. The highest BCUT2D eigenvalue weighted by molar-refractivity contribution is 7.89. The molecule has 2 aromatic rings. The third kappa shape index (κ3) is 3.70. The van der Waals surface area contributed by atoms with Crippen LogP contribution in [0.15, 0.2) is 12.4 Å². The molecule has 0 aromatic carbocycles. The Balaban J connectivity index is 2.22. The zero-order valence-corrected chi connectivity index (χ0v) is 13.4. The average Bonchev–Trinajstić information content (AvgIpc) is 2.77. The Hall–Kier alpha value is -1.67. The molecule has 0 bridgehead atoms. The maximum absolute atomic E-state index is 11.2. The maximum Gasteiger partial charge on any atom is 0.235 e. The second-order valence-electron chi connectivity index (χ2n) is 6.01. The monoisotopic (exact) mass is 312 g/mol. The van der Waals surface area contributed by atoms with Gasteiger partial charge in [-0.3, -0.25) is 0 Å². The highest BCUT2D eigenvalue weighted by atomic mass is 32.2.